The van der Waals surface area contributed by atoms with E-state index in [4.69, 9.17) is 4.74 Å². The van der Waals surface area contributed by atoms with Gasteiger partial charge in [-0.3, -0.25) is 9.69 Å². The lowest BCUT2D eigenvalue weighted by Crippen LogP contribution is -2.51. The van der Waals surface area contributed by atoms with Crippen LogP contribution in [0.15, 0.2) is 24.3 Å². The quantitative estimate of drug-likeness (QED) is 0.791. The van der Waals surface area contributed by atoms with Gasteiger partial charge in [0.2, 0.25) is 5.91 Å². The molecule has 1 aliphatic heterocycles. The van der Waals surface area contributed by atoms with Crippen LogP contribution in [0.1, 0.15) is 31.7 Å². The first kappa shape index (κ1) is 18.8. The van der Waals surface area contributed by atoms with E-state index in [1.54, 1.807) is 25.1 Å². The van der Waals surface area contributed by atoms with E-state index in [0.717, 1.165) is 13.1 Å². The summed E-state index contributed by atoms with van der Waals surface area (Å²) in [5, 5.41) is 13.2. The second-order valence-corrected chi connectivity index (χ2v) is 6.79. The molecule has 0 bridgehead atoms. The normalized spacial score (nSPS) is 19.5. The maximum atomic E-state index is 13.7. The summed E-state index contributed by atoms with van der Waals surface area (Å²) in [5.41, 5.74) is -0.471. The number of rotatable bonds is 7. The summed E-state index contributed by atoms with van der Waals surface area (Å²) in [6, 6.07) is 6.49. The van der Waals surface area contributed by atoms with E-state index >= 15 is 0 Å². The molecule has 1 heterocycles. The molecule has 1 aromatic rings. The molecule has 1 aliphatic rings. The molecule has 6 heteroatoms. The maximum Gasteiger partial charge on any atom is 0.220 e. The van der Waals surface area contributed by atoms with Gasteiger partial charge in [-0.2, -0.15) is 0 Å². The van der Waals surface area contributed by atoms with E-state index < -0.39 is 5.60 Å². The highest BCUT2D eigenvalue weighted by molar-refractivity contribution is 5.76. The highest BCUT2D eigenvalue weighted by Crippen LogP contribution is 2.21. The number of halogens is 1. The fourth-order valence-corrected chi connectivity index (χ4v) is 2.92. The lowest BCUT2D eigenvalue weighted by Gasteiger charge is -2.34. The second kappa shape index (κ2) is 8.55. The Balaban J connectivity index is 1.78. The molecule has 0 spiro atoms. The third kappa shape index (κ3) is 5.85. The molecule has 1 fully saturated rings. The van der Waals surface area contributed by atoms with E-state index in [9.17, 15) is 14.3 Å². The lowest BCUT2D eigenvalue weighted by atomic mass is 9.96. The summed E-state index contributed by atoms with van der Waals surface area (Å²) in [4.78, 5) is 14.2. The molecule has 1 amide bonds. The highest BCUT2D eigenvalue weighted by atomic mass is 19.1. The number of amides is 1. The number of carbonyl (C=O) groups is 1. The Morgan fingerprint density at radius 1 is 1.42 bits per heavy atom. The number of ether oxygens (including phenoxy) is 1. The molecule has 2 rings (SSSR count). The zero-order valence-corrected chi connectivity index (χ0v) is 14.4. The zero-order chi connectivity index (χ0) is 17.6. The van der Waals surface area contributed by atoms with Gasteiger partial charge in [0.15, 0.2) is 0 Å². The van der Waals surface area contributed by atoms with Crippen LogP contribution in [-0.2, 0) is 9.53 Å². The van der Waals surface area contributed by atoms with Crippen LogP contribution < -0.4 is 5.32 Å². The molecule has 24 heavy (non-hydrogen) atoms. The van der Waals surface area contributed by atoms with Crippen LogP contribution in [0.4, 0.5) is 4.39 Å². The first-order valence-corrected chi connectivity index (χ1v) is 8.41. The number of hydrogen-bond donors (Lipinski definition) is 2. The van der Waals surface area contributed by atoms with Crippen LogP contribution in [0.5, 0.6) is 0 Å². The summed E-state index contributed by atoms with van der Waals surface area (Å²) < 4.78 is 19.0. The van der Waals surface area contributed by atoms with Gasteiger partial charge in [0.1, 0.15) is 5.82 Å². The Morgan fingerprint density at radius 2 is 2.08 bits per heavy atom. The third-order valence-corrected chi connectivity index (χ3v) is 4.26. The molecule has 2 N–H and O–H groups in total. The Bertz CT molecular complexity index is 545. The number of β-amino-alcohol motifs (C(OH)–C–C–N with tert-alkyl or cyclic N) is 1. The Morgan fingerprint density at radius 3 is 2.75 bits per heavy atom. The summed E-state index contributed by atoms with van der Waals surface area (Å²) in [6.45, 7) is 7.10. The number of morpholine rings is 1. The average molecular weight is 338 g/mol. The fraction of sp³-hybridized carbons (Fsp3) is 0.611. The molecule has 134 valence electrons. The van der Waals surface area contributed by atoms with Crippen LogP contribution in [0.3, 0.4) is 0 Å². The zero-order valence-electron chi connectivity index (χ0n) is 14.4. The van der Waals surface area contributed by atoms with Gasteiger partial charge in [-0.05, 0) is 24.5 Å². The minimum Gasteiger partial charge on any atom is -0.387 e. The third-order valence-electron chi connectivity index (χ3n) is 4.26. The largest absolute Gasteiger partial charge is 0.387 e. The second-order valence-electron chi connectivity index (χ2n) is 6.79. The smallest absolute Gasteiger partial charge is 0.220 e. The summed E-state index contributed by atoms with van der Waals surface area (Å²) in [7, 11) is 0. The van der Waals surface area contributed by atoms with E-state index in [1.165, 1.54) is 6.07 Å². The molecule has 0 radical (unpaired) electrons. The number of hydrogen-bond acceptors (Lipinski definition) is 4. The van der Waals surface area contributed by atoms with Crippen molar-refractivity contribution in [2.24, 2.45) is 0 Å². The Kier molecular flexibility index (Phi) is 6.71. The lowest BCUT2D eigenvalue weighted by molar-refractivity contribution is -0.122. The Hall–Kier alpha value is -1.50. The monoisotopic (exact) mass is 338 g/mol. The van der Waals surface area contributed by atoms with Gasteiger partial charge in [-0.1, -0.05) is 25.1 Å². The van der Waals surface area contributed by atoms with E-state index in [0.29, 0.717) is 25.3 Å². The molecule has 1 saturated heterocycles. The number of aliphatic hydroxyl groups is 1. The van der Waals surface area contributed by atoms with Crippen LogP contribution in [-0.4, -0.2) is 60.9 Å². The number of carbonyl (C=O) groups excluding carboxylic acids is 1. The SMILES string of the molecule is CC(CC(=O)NCC(C)(O)CN1CCOCC1)c1ccccc1F. The van der Waals surface area contributed by atoms with Gasteiger partial charge in [-0.25, -0.2) is 4.39 Å². The van der Waals surface area contributed by atoms with Gasteiger partial charge in [-0.15, -0.1) is 0 Å². The molecule has 2 unspecified atom stereocenters. The minimum atomic E-state index is -1.01. The standard InChI is InChI=1S/C18H27FN2O3/c1-14(15-5-3-4-6-16(15)19)11-17(22)20-12-18(2,23)13-21-7-9-24-10-8-21/h3-6,14,23H,7-13H2,1-2H3,(H,20,22). The molecule has 5 nitrogen and oxygen atoms in total. The van der Waals surface area contributed by atoms with Crippen molar-refractivity contribution in [3.05, 3.63) is 35.6 Å². The van der Waals surface area contributed by atoms with Crippen LogP contribution in [0, 0.1) is 5.82 Å². The summed E-state index contributed by atoms with van der Waals surface area (Å²) >= 11 is 0. The number of nitrogens with zero attached hydrogens (tertiary/aromatic N) is 1. The van der Waals surface area contributed by atoms with Crippen molar-refractivity contribution in [2.75, 3.05) is 39.4 Å². The van der Waals surface area contributed by atoms with E-state index in [1.807, 2.05) is 6.92 Å². The Labute approximate surface area is 142 Å². The first-order chi connectivity index (χ1) is 11.4. The first-order valence-electron chi connectivity index (χ1n) is 8.41. The van der Waals surface area contributed by atoms with Crippen molar-refractivity contribution in [1.82, 2.24) is 10.2 Å². The van der Waals surface area contributed by atoms with Gasteiger partial charge in [0.05, 0.1) is 18.8 Å². The van der Waals surface area contributed by atoms with Crippen molar-refractivity contribution in [2.45, 2.75) is 31.8 Å². The minimum absolute atomic E-state index is 0.174. The molecule has 0 aromatic heterocycles. The van der Waals surface area contributed by atoms with Crippen molar-refractivity contribution in [3.63, 3.8) is 0 Å². The molecule has 0 saturated carbocycles. The van der Waals surface area contributed by atoms with Crippen molar-refractivity contribution in [1.29, 1.82) is 0 Å². The molecular weight excluding hydrogens is 311 g/mol. The predicted octanol–water partition coefficient (Wildman–Crippen LogP) is 1.52. The maximum absolute atomic E-state index is 13.7. The predicted molar refractivity (Wildman–Crippen MR) is 90.3 cm³/mol. The molecule has 1 aromatic carbocycles. The topological polar surface area (TPSA) is 61.8 Å². The summed E-state index contributed by atoms with van der Waals surface area (Å²) in [5.74, 6) is -0.694. The van der Waals surface area contributed by atoms with E-state index in [-0.39, 0.29) is 30.6 Å². The van der Waals surface area contributed by atoms with E-state index in [2.05, 4.69) is 10.2 Å². The number of nitrogens with one attached hydrogen (secondary N) is 1. The summed E-state index contributed by atoms with van der Waals surface area (Å²) in [6.07, 6.45) is 0.189. The van der Waals surface area contributed by atoms with Crippen molar-refractivity contribution in [3.8, 4) is 0 Å². The van der Waals surface area contributed by atoms with Crippen LogP contribution >= 0.6 is 0 Å². The molecule has 0 aliphatic carbocycles. The van der Waals surface area contributed by atoms with Gasteiger partial charge < -0.3 is 15.2 Å². The van der Waals surface area contributed by atoms with Gasteiger partial charge in [0, 0.05) is 32.6 Å². The van der Waals surface area contributed by atoms with Crippen LogP contribution in [0.2, 0.25) is 0 Å². The average Bonchev–Trinajstić information content (AvgIpc) is 2.54. The fourth-order valence-electron chi connectivity index (χ4n) is 2.92. The van der Waals surface area contributed by atoms with Crippen LogP contribution in [0.25, 0.3) is 0 Å². The van der Waals surface area contributed by atoms with Crippen molar-refractivity contribution >= 4 is 5.91 Å². The van der Waals surface area contributed by atoms with Crippen molar-refractivity contribution < 1.29 is 19.0 Å². The number of benzene rings is 1. The van der Waals surface area contributed by atoms with Gasteiger partial charge in [0.25, 0.3) is 0 Å². The molecular formula is C18H27FN2O3. The molecule has 2 atom stereocenters. The highest BCUT2D eigenvalue weighted by Gasteiger charge is 2.26. The van der Waals surface area contributed by atoms with Gasteiger partial charge >= 0.3 is 0 Å².